The summed E-state index contributed by atoms with van der Waals surface area (Å²) in [6, 6.07) is 0. The zero-order chi connectivity index (χ0) is 8.04. The molecule has 3 heteroatoms. The predicted octanol–water partition coefficient (Wildman–Crippen LogP) is 1.18. The molecule has 0 rings (SSSR count). The maximum absolute atomic E-state index is 9.63. The summed E-state index contributed by atoms with van der Waals surface area (Å²) in [5.74, 6) is 0. The van der Waals surface area contributed by atoms with Gasteiger partial charge >= 0.3 is 0 Å². The Balaban J connectivity index is 3.12. The summed E-state index contributed by atoms with van der Waals surface area (Å²) < 4.78 is 9.31. The van der Waals surface area contributed by atoms with Crippen LogP contribution in [0.25, 0.3) is 0 Å². The highest BCUT2D eigenvalue weighted by Crippen LogP contribution is 2.12. The first kappa shape index (κ1) is 9.43. The minimum atomic E-state index is 0.0563. The molecule has 0 saturated heterocycles. The molecular weight excluding hydrogens is 132 g/mol. The number of hydrogen-bond donors (Lipinski definition) is 0. The van der Waals surface area contributed by atoms with Gasteiger partial charge in [0, 0.05) is 0 Å². The van der Waals surface area contributed by atoms with E-state index in [0.29, 0.717) is 13.1 Å². The van der Waals surface area contributed by atoms with E-state index in [1.807, 2.05) is 20.8 Å². The minimum Gasteiger partial charge on any atom is -0.441 e. The second-order valence-corrected chi connectivity index (χ2v) is 3.29. The van der Waals surface area contributed by atoms with E-state index in [4.69, 9.17) is 4.74 Å². The lowest BCUT2D eigenvalue weighted by Crippen LogP contribution is -2.15. The van der Waals surface area contributed by atoms with Crippen molar-refractivity contribution in [2.24, 2.45) is 5.41 Å². The van der Waals surface area contributed by atoms with Gasteiger partial charge in [-0.25, -0.2) is 0 Å². The normalized spacial score (nSPS) is 11.1. The summed E-state index contributed by atoms with van der Waals surface area (Å²) in [4.78, 5) is 9.63. The molecule has 0 heterocycles. The molecule has 0 fully saturated rings. The molecule has 3 nitrogen and oxygen atoms in total. The Labute approximate surface area is 61.3 Å². The first-order chi connectivity index (χ1) is 4.56. The van der Waals surface area contributed by atoms with Gasteiger partial charge in [-0.15, -0.1) is 0 Å². The molecule has 0 aromatic rings. The van der Waals surface area contributed by atoms with Crippen LogP contribution in [-0.2, 0) is 14.3 Å². The predicted molar refractivity (Wildman–Crippen MR) is 37.4 cm³/mol. The lowest BCUT2D eigenvalue weighted by atomic mass is 9.99. The molecule has 60 valence electrons. The molecule has 0 aliphatic carbocycles. The SMILES string of the molecule is CC(C)(C)COCOC=O. The van der Waals surface area contributed by atoms with Crippen molar-refractivity contribution in [1.29, 1.82) is 0 Å². The molecule has 0 aliphatic rings. The molecule has 0 spiro atoms. The third kappa shape index (κ3) is 7.43. The summed E-state index contributed by atoms with van der Waals surface area (Å²) >= 11 is 0. The van der Waals surface area contributed by atoms with Crippen molar-refractivity contribution in [2.45, 2.75) is 20.8 Å². The van der Waals surface area contributed by atoms with Crippen molar-refractivity contribution >= 4 is 6.47 Å². The Morgan fingerprint density at radius 2 is 2.00 bits per heavy atom. The van der Waals surface area contributed by atoms with Crippen molar-refractivity contribution in [1.82, 2.24) is 0 Å². The molecule has 0 unspecified atom stereocenters. The summed E-state index contributed by atoms with van der Waals surface area (Å²) in [5.41, 5.74) is 0.131. The van der Waals surface area contributed by atoms with E-state index >= 15 is 0 Å². The van der Waals surface area contributed by atoms with Crippen LogP contribution in [0.2, 0.25) is 0 Å². The van der Waals surface area contributed by atoms with E-state index in [0.717, 1.165) is 0 Å². The van der Waals surface area contributed by atoms with E-state index in [1.165, 1.54) is 0 Å². The van der Waals surface area contributed by atoms with Gasteiger partial charge in [0.25, 0.3) is 6.47 Å². The topological polar surface area (TPSA) is 35.5 Å². The van der Waals surface area contributed by atoms with Gasteiger partial charge in [-0.05, 0) is 5.41 Å². The Bertz CT molecular complexity index is 93.5. The zero-order valence-electron chi connectivity index (χ0n) is 6.72. The van der Waals surface area contributed by atoms with Crippen molar-refractivity contribution in [3.8, 4) is 0 Å². The van der Waals surface area contributed by atoms with Crippen molar-refractivity contribution in [3.63, 3.8) is 0 Å². The number of rotatable bonds is 4. The number of hydrogen-bond acceptors (Lipinski definition) is 3. The standard InChI is InChI=1S/C7H14O3/c1-7(2,3)4-9-6-10-5-8/h5H,4,6H2,1-3H3. The molecule has 0 amide bonds. The molecule has 0 bridgehead atoms. The van der Waals surface area contributed by atoms with Crippen molar-refractivity contribution in [3.05, 3.63) is 0 Å². The zero-order valence-corrected chi connectivity index (χ0v) is 6.72. The van der Waals surface area contributed by atoms with Crippen molar-refractivity contribution in [2.75, 3.05) is 13.4 Å². The van der Waals surface area contributed by atoms with Crippen LogP contribution in [0.1, 0.15) is 20.8 Å². The average Bonchev–Trinajstić information content (AvgIpc) is 1.78. The summed E-state index contributed by atoms with van der Waals surface area (Å²) in [5, 5.41) is 0. The van der Waals surface area contributed by atoms with E-state index in [2.05, 4.69) is 4.74 Å². The molecule has 0 saturated carbocycles. The quantitative estimate of drug-likeness (QED) is 0.339. The Kier molecular flexibility index (Phi) is 4.03. The molecule has 0 atom stereocenters. The second kappa shape index (κ2) is 4.28. The number of carbonyl (C=O) groups excluding carboxylic acids is 1. The third-order valence-electron chi connectivity index (χ3n) is 0.754. The Morgan fingerprint density at radius 1 is 1.40 bits per heavy atom. The van der Waals surface area contributed by atoms with Crippen LogP contribution in [0.3, 0.4) is 0 Å². The van der Waals surface area contributed by atoms with E-state index in [-0.39, 0.29) is 12.2 Å². The van der Waals surface area contributed by atoms with Gasteiger partial charge in [0.05, 0.1) is 6.61 Å². The van der Waals surface area contributed by atoms with Crippen LogP contribution in [0.4, 0.5) is 0 Å². The lowest BCUT2D eigenvalue weighted by Gasteiger charge is -2.16. The maximum atomic E-state index is 9.63. The highest BCUT2D eigenvalue weighted by Gasteiger charge is 2.09. The highest BCUT2D eigenvalue weighted by atomic mass is 16.7. The van der Waals surface area contributed by atoms with Crippen LogP contribution in [0.15, 0.2) is 0 Å². The molecule has 0 aromatic heterocycles. The van der Waals surface area contributed by atoms with Crippen LogP contribution in [-0.4, -0.2) is 19.9 Å². The molecule has 10 heavy (non-hydrogen) atoms. The first-order valence-electron chi connectivity index (χ1n) is 3.19. The molecule has 0 aromatic carbocycles. The average molecular weight is 146 g/mol. The lowest BCUT2D eigenvalue weighted by molar-refractivity contribution is -0.142. The van der Waals surface area contributed by atoms with E-state index < -0.39 is 0 Å². The second-order valence-electron chi connectivity index (χ2n) is 3.29. The fourth-order valence-corrected chi connectivity index (χ4v) is 0.424. The highest BCUT2D eigenvalue weighted by molar-refractivity contribution is 5.36. The van der Waals surface area contributed by atoms with Crippen molar-refractivity contribution < 1.29 is 14.3 Å². The minimum absolute atomic E-state index is 0.0563. The summed E-state index contributed by atoms with van der Waals surface area (Å²) in [6.45, 7) is 7.18. The monoisotopic (exact) mass is 146 g/mol. The maximum Gasteiger partial charge on any atom is 0.295 e. The summed E-state index contributed by atoms with van der Waals surface area (Å²) in [7, 11) is 0. The largest absolute Gasteiger partial charge is 0.441 e. The molecular formula is C7H14O3. The van der Waals surface area contributed by atoms with Gasteiger partial charge in [0.2, 0.25) is 0 Å². The van der Waals surface area contributed by atoms with Gasteiger partial charge in [0.1, 0.15) is 0 Å². The molecule has 0 radical (unpaired) electrons. The number of ether oxygens (including phenoxy) is 2. The van der Waals surface area contributed by atoms with Gasteiger partial charge < -0.3 is 9.47 Å². The smallest absolute Gasteiger partial charge is 0.295 e. The van der Waals surface area contributed by atoms with E-state index in [9.17, 15) is 4.79 Å². The first-order valence-corrected chi connectivity index (χ1v) is 3.19. The number of carbonyl (C=O) groups is 1. The van der Waals surface area contributed by atoms with Gasteiger partial charge in [0.15, 0.2) is 6.79 Å². The fourth-order valence-electron chi connectivity index (χ4n) is 0.424. The van der Waals surface area contributed by atoms with Gasteiger partial charge in [-0.2, -0.15) is 0 Å². The van der Waals surface area contributed by atoms with Gasteiger partial charge in [-0.3, -0.25) is 4.79 Å². The van der Waals surface area contributed by atoms with Crippen LogP contribution >= 0.6 is 0 Å². The molecule has 0 N–H and O–H groups in total. The Morgan fingerprint density at radius 3 is 2.40 bits per heavy atom. The van der Waals surface area contributed by atoms with Gasteiger partial charge in [-0.1, -0.05) is 20.8 Å². The Hall–Kier alpha value is -0.570. The molecule has 0 aliphatic heterocycles. The van der Waals surface area contributed by atoms with Crippen LogP contribution in [0.5, 0.6) is 0 Å². The summed E-state index contributed by atoms with van der Waals surface area (Å²) in [6.07, 6.45) is 0. The third-order valence-corrected chi connectivity index (χ3v) is 0.754. The van der Waals surface area contributed by atoms with Crippen LogP contribution < -0.4 is 0 Å². The van der Waals surface area contributed by atoms with E-state index in [1.54, 1.807) is 0 Å². The van der Waals surface area contributed by atoms with Crippen LogP contribution in [0, 0.1) is 5.41 Å². The fraction of sp³-hybridized carbons (Fsp3) is 0.857.